The summed E-state index contributed by atoms with van der Waals surface area (Å²) in [5.74, 6) is 3.03. The van der Waals surface area contributed by atoms with Gasteiger partial charge in [-0.25, -0.2) is 4.79 Å². The van der Waals surface area contributed by atoms with Gasteiger partial charge in [0.25, 0.3) is 0 Å². The maximum absolute atomic E-state index is 10.8. The van der Waals surface area contributed by atoms with Crippen LogP contribution in [0.4, 0.5) is 0 Å². The number of carboxylic acids is 1. The minimum Gasteiger partial charge on any atom is -0.493 e. The Morgan fingerprint density at radius 1 is 0.906 bits per heavy atom. The summed E-state index contributed by atoms with van der Waals surface area (Å²) in [5.41, 5.74) is 3.10. The Hall–Kier alpha value is -1.71. The van der Waals surface area contributed by atoms with Crippen molar-refractivity contribution < 1.29 is 19.4 Å². The highest BCUT2D eigenvalue weighted by atomic mass is 16.5. The summed E-state index contributed by atoms with van der Waals surface area (Å²) in [6.45, 7) is 15.9. The van der Waals surface area contributed by atoms with Crippen LogP contribution in [0.5, 0.6) is 11.5 Å². The maximum atomic E-state index is 10.8. The quantitative estimate of drug-likeness (QED) is 0.247. The molecule has 0 aliphatic carbocycles. The highest BCUT2D eigenvalue weighted by molar-refractivity contribution is 5.68. The highest BCUT2D eigenvalue weighted by Gasteiger charge is 2.15. The van der Waals surface area contributed by atoms with Gasteiger partial charge in [-0.3, -0.25) is 0 Å². The molecule has 0 bridgehead atoms. The summed E-state index contributed by atoms with van der Waals surface area (Å²) in [5, 5.41) is 8.89. The molecule has 1 rings (SSSR count). The second kappa shape index (κ2) is 15.2. The van der Waals surface area contributed by atoms with Crippen LogP contribution >= 0.6 is 0 Å². The first kappa shape index (κ1) is 28.3. The third-order valence-corrected chi connectivity index (χ3v) is 6.47. The molecule has 0 spiro atoms. The largest absolute Gasteiger partial charge is 0.493 e. The van der Waals surface area contributed by atoms with E-state index in [1.165, 1.54) is 44.9 Å². The summed E-state index contributed by atoms with van der Waals surface area (Å²) in [7, 11) is 0. The number of benzene rings is 1. The molecule has 0 radical (unpaired) electrons. The molecule has 4 heteroatoms. The van der Waals surface area contributed by atoms with Crippen molar-refractivity contribution in [2.45, 2.75) is 106 Å². The van der Waals surface area contributed by atoms with Crippen molar-refractivity contribution in [3.8, 4) is 11.5 Å². The van der Waals surface area contributed by atoms with Gasteiger partial charge in [0.05, 0.1) is 6.61 Å². The molecule has 1 aromatic carbocycles. The van der Waals surface area contributed by atoms with E-state index >= 15 is 0 Å². The first-order chi connectivity index (χ1) is 15.1. The van der Waals surface area contributed by atoms with Gasteiger partial charge in [0.15, 0.2) is 6.61 Å². The lowest BCUT2D eigenvalue weighted by Crippen LogP contribution is -2.12. The van der Waals surface area contributed by atoms with E-state index in [-0.39, 0.29) is 6.61 Å². The monoisotopic (exact) mass is 448 g/mol. The molecule has 0 saturated heterocycles. The molecule has 32 heavy (non-hydrogen) atoms. The molecular formula is C28H48O4. The van der Waals surface area contributed by atoms with Crippen molar-refractivity contribution >= 4 is 5.97 Å². The van der Waals surface area contributed by atoms with E-state index in [0.29, 0.717) is 5.75 Å². The number of aliphatic carboxylic acids is 1. The van der Waals surface area contributed by atoms with E-state index in [1.807, 2.05) is 19.9 Å². The van der Waals surface area contributed by atoms with E-state index < -0.39 is 5.97 Å². The lowest BCUT2D eigenvalue weighted by Gasteiger charge is -2.19. The SMILES string of the molecule is CCc1c(C)c(OCC(=O)O)cc(C)c1OCCC[C@H](C)CCC[C@H](C)CCCC(C)C. The molecule has 0 fully saturated rings. The molecule has 0 unspecified atom stereocenters. The number of aryl methyl sites for hydroxylation is 1. The van der Waals surface area contributed by atoms with Gasteiger partial charge in [0.2, 0.25) is 0 Å². The minimum absolute atomic E-state index is 0.321. The topological polar surface area (TPSA) is 55.8 Å². The average Bonchev–Trinajstić information content (AvgIpc) is 2.71. The fraction of sp³-hybridized carbons (Fsp3) is 0.750. The fourth-order valence-corrected chi connectivity index (χ4v) is 4.43. The van der Waals surface area contributed by atoms with Gasteiger partial charge in [0, 0.05) is 5.56 Å². The van der Waals surface area contributed by atoms with E-state index in [2.05, 4.69) is 34.6 Å². The average molecular weight is 449 g/mol. The van der Waals surface area contributed by atoms with Gasteiger partial charge in [-0.05, 0) is 68.1 Å². The first-order valence-electron chi connectivity index (χ1n) is 12.8. The molecule has 0 aliphatic rings. The Balaban J connectivity index is 2.40. The van der Waals surface area contributed by atoms with Crippen LogP contribution in [0.15, 0.2) is 6.07 Å². The molecule has 0 heterocycles. The molecule has 0 aromatic heterocycles. The van der Waals surface area contributed by atoms with Crippen LogP contribution < -0.4 is 9.47 Å². The van der Waals surface area contributed by atoms with Crippen molar-refractivity contribution in [3.63, 3.8) is 0 Å². The Bertz CT molecular complexity index is 681. The summed E-state index contributed by atoms with van der Waals surface area (Å²) in [6, 6.07) is 1.90. The molecular weight excluding hydrogens is 400 g/mol. The molecule has 0 aliphatic heterocycles. The number of hydrogen-bond donors (Lipinski definition) is 1. The van der Waals surface area contributed by atoms with E-state index in [0.717, 1.165) is 59.6 Å². The van der Waals surface area contributed by atoms with Crippen LogP contribution in [0.25, 0.3) is 0 Å². The third kappa shape index (κ3) is 10.7. The zero-order valence-electron chi connectivity index (χ0n) is 21.8. The molecule has 1 N–H and O–H groups in total. The van der Waals surface area contributed by atoms with Crippen molar-refractivity contribution in [1.82, 2.24) is 0 Å². The predicted octanol–water partition coefficient (Wildman–Crippen LogP) is 7.76. The number of ether oxygens (including phenoxy) is 2. The van der Waals surface area contributed by atoms with Gasteiger partial charge >= 0.3 is 5.97 Å². The highest BCUT2D eigenvalue weighted by Crippen LogP contribution is 2.34. The lowest BCUT2D eigenvalue weighted by molar-refractivity contribution is -0.139. The van der Waals surface area contributed by atoms with Crippen LogP contribution in [0.1, 0.15) is 103 Å². The van der Waals surface area contributed by atoms with Crippen molar-refractivity contribution in [3.05, 3.63) is 22.8 Å². The van der Waals surface area contributed by atoms with Gasteiger partial charge in [-0.1, -0.05) is 73.1 Å². The van der Waals surface area contributed by atoms with Crippen LogP contribution in [0.3, 0.4) is 0 Å². The summed E-state index contributed by atoms with van der Waals surface area (Å²) in [6.07, 6.45) is 11.2. The fourth-order valence-electron chi connectivity index (χ4n) is 4.43. The summed E-state index contributed by atoms with van der Waals surface area (Å²) < 4.78 is 11.7. The van der Waals surface area contributed by atoms with Gasteiger partial charge in [-0.15, -0.1) is 0 Å². The summed E-state index contributed by atoms with van der Waals surface area (Å²) >= 11 is 0. The number of rotatable bonds is 17. The maximum Gasteiger partial charge on any atom is 0.341 e. The molecule has 184 valence electrons. The van der Waals surface area contributed by atoms with Gasteiger partial charge < -0.3 is 14.6 Å². The number of carboxylic acid groups (broad SMARTS) is 1. The summed E-state index contributed by atoms with van der Waals surface area (Å²) in [4.78, 5) is 10.8. The second-order valence-corrected chi connectivity index (χ2v) is 10.1. The van der Waals surface area contributed by atoms with E-state index in [1.54, 1.807) is 0 Å². The van der Waals surface area contributed by atoms with Crippen molar-refractivity contribution in [2.24, 2.45) is 17.8 Å². The Morgan fingerprint density at radius 3 is 2.00 bits per heavy atom. The molecule has 0 amide bonds. The molecule has 0 saturated carbocycles. The zero-order valence-corrected chi connectivity index (χ0v) is 21.8. The van der Waals surface area contributed by atoms with Crippen LogP contribution in [0.2, 0.25) is 0 Å². The Labute approximate surface area is 197 Å². The van der Waals surface area contributed by atoms with Gasteiger partial charge in [-0.2, -0.15) is 0 Å². The Kier molecular flexibility index (Phi) is 13.4. The van der Waals surface area contributed by atoms with E-state index in [9.17, 15) is 4.79 Å². The zero-order chi connectivity index (χ0) is 24.1. The van der Waals surface area contributed by atoms with Crippen LogP contribution in [0, 0.1) is 31.6 Å². The van der Waals surface area contributed by atoms with Crippen LogP contribution in [-0.4, -0.2) is 24.3 Å². The minimum atomic E-state index is -0.963. The Morgan fingerprint density at radius 2 is 1.47 bits per heavy atom. The molecule has 2 atom stereocenters. The molecule has 4 nitrogen and oxygen atoms in total. The normalized spacial score (nSPS) is 13.2. The van der Waals surface area contributed by atoms with Crippen LogP contribution in [-0.2, 0) is 11.2 Å². The van der Waals surface area contributed by atoms with Crippen molar-refractivity contribution in [2.75, 3.05) is 13.2 Å². The first-order valence-corrected chi connectivity index (χ1v) is 12.8. The number of hydrogen-bond acceptors (Lipinski definition) is 3. The second-order valence-electron chi connectivity index (χ2n) is 10.1. The predicted molar refractivity (Wildman–Crippen MR) is 134 cm³/mol. The van der Waals surface area contributed by atoms with E-state index in [4.69, 9.17) is 14.6 Å². The lowest BCUT2D eigenvalue weighted by atomic mass is 9.92. The van der Waals surface area contributed by atoms with Gasteiger partial charge in [0.1, 0.15) is 11.5 Å². The third-order valence-electron chi connectivity index (χ3n) is 6.47. The van der Waals surface area contributed by atoms with Crippen molar-refractivity contribution in [1.29, 1.82) is 0 Å². The molecule has 1 aromatic rings. The number of carbonyl (C=O) groups is 1. The smallest absolute Gasteiger partial charge is 0.341 e. The standard InChI is InChI=1S/C28H48O4/c1-8-25-24(7)26(32-19-27(29)30)18-23(6)28(25)31-17-11-16-22(5)15-10-14-21(4)13-9-12-20(2)3/h18,20-22H,8-17,19H2,1-7H3,(H,29,30)/t21-,22-/m1/s1.